The van der Waals surface area contributed by atoms with Gasteiger partial charge in [0.05, 0.1) is 21.1 Å². The van der Waals surface area contributed by atoms with Crippen molar-refractivity contribution in [3.63, 3.8) is 0 Å². The fourth-order valence-electron chi connectivity index (χ4n) is 3.33. The molecule has 1 heterocycles. The summed E-state index contributed by atoms with van der Waals surface area (Å²) < 4.78 is 27.7. The van der Waals surface area contributed by atoms with Gasteiger partial charge in [0.25, 0.3) is 15.7 Å². The molecule has 0 bridgehead atoms. The Morgan fingerprint density at radius 2 is 1.67 bits per heavy atom. The molecule has 2 N–H and O–H groups in total. The summed E-state index contributed by atoms with van der Waals surface area (Å²) in [4.78, 5) is 24.7. The highest BCUT2D eigenvalue weighted by Gasteiger charge is 2.20. The summed E-state index contributed by atoms with van der Waals surface area (Å²) in [7, 11) is -3.94. The molecule has 0 aliphatic carbocycles. The largest absolute Gasteiger partial charge is 0.325 e. The summed E-state index contributed by atoms with van der Waals surface area (Å²) >= 11 is 0. The van der Waals surface area contributed by atoms with Crippen molar-refractivity contribution >= 4 is 33.1 Å². The van der Waals surface area contributed by atoms with Crippen LogP contribution in [0.3, 0.4) is 0 Å². The second-order valence-corrected chi connectivity index (χ2v) is 8.85. The molecule has 0 saturated carbocycles. The molecule has 1 saturated heterocycles. The van der Waals surface area contributed by atoms with E-state index in [9.17, 15) is 23.3 Å². The minimum atomic E-state index is -3.94. The van der Waals surface area contributed by atoms with Gasteiger partial charge in [0.1, 0.15) is 0 Å². The number of carbonyl (C=O) groups is 1. The maximum atomic E-state index is 12.7. The number of nitrogens with one attached hydrogen (secondary N) is 2. The number of benzene rings is 2. The van der Waals surface area contributed by atoms with E-state index < -0.39 is 14.9 Å². The predicted molar refractivity (Wildman–Crippen MR) is 114 cm³/mol. The number of urea groups is 1. The van der Waals surface area contributed by atoms with E-state index in [0.29, 0.717) is 18.8 Å². The number of nitrogens with zero attached hydrogens (tertiary/aromatic N) is 2. The highest BCUT2D eigenvalue weighted by molar-refractivity contribution is 7.92. The van der Waals surface area contributed by atoms with Crippen molar-refractivity contribution in [1.29, 1.82) is 0 Å². The quantitative estimate of drug-likeness (QED) is 0.544. The highest BCUT2D eigenvalue weighted by Crippen LogP contribution is 2.27. The Bertz CT molecular complexity index is 1030. The number of rotatable bonds is 5. The Balaban J connectivity index is 1.71. The second kappa shape index (κ2) is 9.12. The van der Waals surface area contributed by atoms with Crippen LogP contribution in [0.15, 0.2) is 47.4 Å². The monoisotopic (exact) mass is 432 g/mol. The molecule has 9 nitrogen and oxygen atoms in total. The lowest BCUT2D eigenvalue weighted by molar-refractivity contribution is -0.385. The Labute approximate surface area is 175 Å². The molecule has 30 heavy (non-hydrogen) atoms. The number of sulfonamides is 1. The third kappa shape index (κ3) is 5.07. The van der Waals surface area contributed by atoms with Crippen LogP contribution in [0.1, 0.15) is 31.2 Å². The number of nitro benzene ring substituents is 1. The molecular weight excluding hydrogens is 408 g/mol. The summed E-state index contributed by atoms with van der Waals surface area (Å²) in [6.45, 7) is 2.91. The van der Waals surface area contributed by atoms with Crippen LogP contribution in [0.4, 0.5) is 21.9 Å². The number of nitro groups is 1. The van der Waals surface area contributed by atoms with E-state index in [0.717, 1.165) is 25.7 Å². The molecule has 2 amide bonds. The van der Waals surface area contributed by atoms with Gasteiger partial charge in [-0.1, -0.05) is 18.9 Å². The number of hydrogen-bond donors (Lipinski definition) is 2. The van der Waals surface area contributed by atoms with Crippen LogP contribution in [-0.2, 0) is 10.0 Å². The van der Waals surface area contributed by atoms with E-state index >= 15 is 0 Å². The van der Waals surface area contributed by atoms with Crippen molar-refractivity contribution in [2.24, 2.45) is 0 Å². The van der Waals surface area contributed by atoms with Gasteiger partial charge in [-0.15, -0.1) is 0 Å². The van der Waals surface area contributed by atoms with Crippen molar-refractivity contribution in [2.45, 2.75) is 37.5 Å². The predicted octanol–water partition coefficient (Wildman–Crippen LogP) is 4.11. The average molecular weight is 433 g/mol. The zero-order chi connectivity index (χ0) is 21.7. The SMILES string of the molecule is Cc1c(NS(=O)(=O)c2ccc(NC(=O)N3CCCCCC3)cc2)cccc1[N+](=O)[O-]. The zero-order valence-electron chi connectivity index (χ0n) is 16.6. The smallest absolute Gasteiger partial charge is 0.321 e. The van der Waals surface area contributed by atoms with E-state index in [-0.39, 0.29) is 27.9 Å². The van der Waals surface area contributed by atoms with Crippen molar-refractivity contribution in [2.75, 3.05) is 23.1 Å². The minimum absolute atomic E-state index is 0.0128. The summed E-state index contributed by atoms with van der Waals surface area (Å²) in [5, 5.41) is 13.9. The van der Waals surface area contributed by atoms with Gasteiger partial charge in [0, 0.05) is 24.8 Å². The molecule has 2 aromatic rings. The summed E-state index contributed by atoms with van der Waals surface area (Å²) in [5.41, 5.74) is 0.701. The van der Waals surface area contributed by atoms with Crippen molar-refractivity contribution < 1.29 is 18.1 Å². The van der Waals surface area contributed by atoms with Crippen molar-refractivity contribution in [3.8, 4) is 0 Å². The molecule has 3 rings (SSSR count). The maximum Gasteiger partial charge on any atom is 0.321 e. The minimum Gasteiger partial charge on any atom is -0.325 e. The van der Waals surface area contributed by atoms with Crippen molar-refractivity contribution in [3.05, 3.63) is 58.1 Å². The van der Waals surface area contributed by atoms with Gasteiger partial charge in [-0.2, -0.15) is 0 Å². The molecule has 1 aliphatic heterocycles. The average Bonchev–Trinajstić information content (AvgIpc) is 2.99. The molecule has 0 radical (unpaired) electrons. The third-order valence-corrected chi connectivity index (χ3v) is 6.44. The van der Waals surface area contributed by atoms with E-state index in [1.807, 2.05) is 0 Å². The van der Waals surface area contributed by atoms with E-state index in [4.69, 9.17) is 0 Å². The van der Waals surface area contributed by atoms with E-state index in [1.165, 1.54) is 49.4 Å². The second-order valence-electron chi connectivity index (χ2n) is 7.17. The molecule has 10 heteroatoms. The lowest BCUT2D eigenvalue weighted by atomic mass is 10.2. The summed E-state index contributed by atoms with van der Waals surface area (Å²) in [6.07, 6.45) is 4.20. The fraction of sp³-hybridized carbons (Fsp3) is 0.350. The molecule has 0 atom stereocenters. The number of carbonyl (C=O) groups excluding carboxylic acids is 1. The fourth-order valence-corrected chi connectivity index (χ4v) is 4.45. The summed E-state index contributed by atoms with van der Waals surface area (Å²) in [6, 6.07) is 9.81. The zero-order valence-corrected chi connectivity index (χ0v) is 17.4. The third-order valence-electron chi connectivity index (χ3n) is 5.06. The van der Waals surface area contributed by atoms with Crippen LogP contribution in [0.25, 0.3) is 0 Å². The van der Waals surface area contributed by atoms with E-state index in [2.05, 4.69) is 10.0 Å². The molecule has 1 aliphatic rings. The molecule has 1 fully saturated rings. The van der Waals surface area contributed by atoms with Gasteiger partial charge in [-0.3, -0.25) is 14.8 Å². The van der Waals surface area contributed by atoms with Gasteiger partial charge in [-0.05, 0) is 50.1 Å². The highest BCUT2D eigenvalue weighted by atomic mass is 32.2. The van der Waals surface area contributed by atoms with Gasteiger partial charge in [0.2, 0.25) is 0 Å². The Kier molecular flexibility index (Phi) is 6.56. The Hall–Kier alpha value is -3.14. The van der Waals surface area contributed by atoms with Crippen LogP contribution in [-0.4, -0.2) is 37.4 Å². The van der Waals surface area contributed by atoms with Gasteiger partial charge in [0.15, 0.2) is 0 Å². The van der Waals surface area contributed by atoms with Crippen LogP contribution in [0.2, 0.25) is 0 Å². The summed E-state index contributed by atoms with van der Waals surface area (Å²) in [5.74, 6) is 0. The van der Waals surface area contributed by atoms with Gasteiger partial charge < -0.3 is 10.2 Å². The van der Waals surface area contributed by atoms with Crippen LogP contribution in [0, 0.1) is 17.0 Å². The first kappa shape index (κ1) is 21.6. The molecule has 0 unspecified atom stereocenters. The van der Waals surface area contributed by atoms with Crippen LogP contribution >= 0.6 is 0 Å². The van der Waals surface area contributed by atoms with E-state index in [1.54, 1.807) is 4.90 Å². The first-order chi connectivity index (χ1) is 14.3. The number of amides is 2. The lowest BCUT2D eigenvalue weighted by Crippen LogP contribution is -2.35. The number of anilines is 2. The molecule has 160 valence electrons. The molecular formula is C20H24N4O5S. The topological polar surface area (TPSA) is 122 Å². The van der Waals surface area contributed by atoms with Gasteiger partial charge >= 0.3 is 6.03 Å². The number of likely N-dealkylation sites (tertiary alicyclic amines) is 1. The van der Waals surface area contributed by atoms with Crippen LogP contribution < -0.4 is 10.0 Å². The molecule has 2 aromatic carbocycles. The Morgan fingerprint density at radius 1 is 1.03 bits per heavy atom. The molecule has 0 aromatic heterocycles. The van der Waals surface area contributed by atoms with Crippen LogP contribution in [0.5, 0.6) is 0 Å². The first-order valence-electron chi connectivity index (χ1n) is 9.71. The van der Waals surface area contributed by atoms with Gasteiger partial charge in [-0.25, -0.2) is 13.2 Å². The van der Waals surface area contributed by atoms with Crippen molar-refractivity contribution in [1.82, 2.24) is 4.90 Å². The first-order valence-corrected chi connectivity index (χ1v) is 11.2. The lowest BCUT2D eigenvalue weighted by Gasteiger charge is -2.20. The molecule has 0 spiro atoms. The number of hydrogen-bond acceptors (Lipinski definition) is 5. The standard InChI is InChI=1S/C20H24N4O5S/c1-15-18(7-6-8-19(15)24(26)27)22-30(28,29)17-11-9-16(10-12-17)21-20(25)23-13-4-2-3-5-14-23/h6-12,22H,2-5,13-14H2,1H3,(H,21,25). The Morgan fingerprint density at radius 3 is 2.27 bits per heavy atom. The maximum absolute atomic E-state index is 12.7. The normalized spacial score (nSPS) is 14.6.